The lowest BCUT2D eigenvalue weighted by Crippen LogP contribution is -2.38. The smallest absolute Gasteiger partial charge is 0.283 e. The van der Waals surface area contributed by atoms with Crippen LogP contribution < -0.4 is 0 Å². The van der Waals surface area contributed by atoms with Crippen molar-refractivity contribution in [2.24, 2.45) is 0 Å². The van der Waals surface area contributed by atoms with Gasteiger partial charge in [0.05, 0.1) is 16.2 Å². The van der Waals surface area contributed by atoms with Gasteiger partial charge in [-0.05, 0) is 43.2 Å². The van der Waals surface area contributed by atoms with E-state index in [4.69, 9.17) is 20.4 Å². The number of hydrogen-bond donors (Lipinski definition) is 0. The predicted octanol–water partition coefficient (Wildman–Crippen LogP) is 3.69. The largest absolute Gasteiger partial charge is 0.459 e. The van der Waals surface area contributed by atoms with Crippen molar-refractivity contribution in [1.82, 2.24) is 14.5 Å². The van der Waals surface area contributed by atoms with Crippen molar-refractivity contribution in [3.05, 3.63) is 53.3 Å². The summed E-state index contributed by atoms with van der Waals surface area (Å²) in [7, 11) is -3.74. The lowest BCUT2D eigenvalue weighted by Gasteiger charge is -2.29. The molecule has 4 rings (SSSR count). The van der Waals surface area contributed by atoms with E-state index in [0.29, 0.717) is 43.5 Å². The first-order valence-corrected chi connectivity index (χ1v) is 10.1. The van der Waals surface area contributed by atoms with Crippen LogP contribution in [0, 0.1) is 5.82 Å². The van der Waals surface area contributed by atoms with E-state index in [1.54, 1.807) is 12.1 Å². The van der Waals surface area contributed by atoms with Crippen LogP contribution in [0.25, 0.3) is 11.7 Å². The van der Waals surface area contributed by atoms with Gasteiger partial charge in [0, 0.05) is 19.0 Å². The van der Waals surface area contributed by atoms with Gasteiger partial charge in [-0.2, -0.15) is 4.31 Å². The first-order chi connectivity index (χ1) is 12.9. The Balaban J connectivity index is 1.46. The highest BCUT2D eigenvalue weighted by atomic mass is 35.5. The molecule has 1 aliphatic heterocycles. The molecule has 0 unspecified atom stereocenters. The topological polar surface area (TPSA) is 89.4 Å². The molecule has 3 aromatic rings. The zero-order chi connectivity index (χ0) is 19.0. The van der Waals surface area contributed by atoms with Gasteiger partial charge in [-0.3, -0.25) is 0 Å². The van der Waals surface area contributed by atoms with Crippen molar-refractivity contribution < 1.29 is 21.6 Å². The van der Waals surface area contributed by atoms with E-state index in [-0.39, 0.29) is 15.8 Å². The van der Waals surface area contributed by atoms with Gasteiger partial charge in [0.15, 0.2) is 5.76 Å². The summed E-state index contributed by atoms with van der Waals surface area (Å²) in [5.74, 6) is 0.554. The van der Waals surface area contributed by atoms with Gasteiger partial charge in [0.1, 0.15) is 5.82 Å². The summed E-state index contributed by atoms with van der Waals surface area (Å²) in [6.45, 7) is 0.584. The minimum atomic E-state index is -3.74. The Labute approximate surface area is 159 Å². The number of furan rings is 1. The second-order valence-electron chi connectivity index (χ2n) is 6.18. The van der Waals surface area contributed by atoms with Crippen LogP contribution in [0.5, 0.6) is 0 Å². The molecule has 0 spiro atoms. The van der Waals surface area contributed by atoms with Crippen LogP contribution in [-0.2, 0) is 10.0 Å². The Morgan fingerprint density at radius 3 is 2.63 bits per heavy atom. The lowest BCUT2D eigenvalue weighted by atomic mass is 9.98. The maximum absolute atomic E-state index is 13.3. The average Bonchev–Trinajstić information content (AvgIpc) is 3.35. The number of aromatic nitrogens is 2. The number of hydrogen-bond acceptors (Lipinski definition) is 6. The summed E-state index contributed by atoms with van der Waals surface area (Å²) < 4.78 is 51.0. The number of benzene rings is 1. The van der Waals surface area contributed by atoms with Gasteiger partial charge in [-0.1, -0.05) is 11.6 Å². The third-order valence-corrected chi connectivity index (χ3v) is 6.69. The highest BCUT2D eigenvalue weighted by Crippen LogP contribution is 2.32. The van der Waals surface area contributed by atoms with Gasteiger partial charge < -0.3 is 8.83 Å². The summed E-state index contributed by atoms with van der Waals surface area (Å²) in [5, 5.41) is 7.81. The standard InChI is InChI=1S/C17H15ClFN3O4S/c18-13-10-12(3-4-14(13)19)27(23,24)22-7-5-11(6-8-22)16-20-21-17(26-16)15-2-1-9-25-15/h1-4,9-11H,5-8H2. The van der Waals surface area contributed by atoms with E-state index in [1.165, 1.54) is 16.6 Å². The maximum Gasteiger partial charge on any atom is 0.283 e. The Bertz CT molecular complexity index is 1040. The molecule has 1 aliphatic rings. The second-order valence-corrected chi connectivity index (χ2v) is 8.52. The average molecular weight is 412 g/mol. The highest BCUT2D eigenvalue weighted by Gasteiger charge is 2.32. The van der Waals surface area contributed by atoms with Crippen LogP contribution in [-0.4, -0.2) is 36.0 Å². The van der Waals surface area contributed by atoms with Crippen LogP contribution in [0.15, 0.2) is 50.3 Å². The third kappa shape index (κ3) is 3.50. The number of halogens is 2. The number of piperidine rings is 1. The van der Waals surface area contributed by atoms with E-state index >= 15 is 0 Å². The Morgan fingerprint density at radius 1 is 1.19 bits per heavy atom. The van der Waals surface area contributed by atoms with Crippen molar-refractivity contribution in [1.29, 1.82) is 0 Å². The van der Waals surface area contributed by atoms with Crippen LogP contribution in [0.2, 0.25) is 5.02 Å². The second kappa shape index (κ2) is 7.06. The molecule has 1 aromatic carbocycles. The molecular weight excluding hydrogens is 397 g/mol. The fourth-order valence-corrected chi connectivity index (χ4v) is 4.77. The molecule has 27 heavy (non-hydrogen) atoms. The van der Waals surface area contributed by atoms with Crippen molar-refractivity contribution in [3.8, 4) is 11.7 Å². The molecule has 1 fully saturated rings. The molecule has 142 valence electrons. The molecule has 7 nitrogen and oxygen atoms in total. The molecule has 0 saturated carbocycles. The molecule has 1 saturated heterocycles. The summed E-state index contributed by atoms with van der Waals surface area (Å²) in [6, 6.07) is 6.85. The van der Waals surface area contributed by atoms with Crippen LogP contribution in [0.1, 0.15) is 24.7 Å². The molecule has 0 N–H and O–H groups in total. The molecule has 10 heteroatoms. The monoisotopic (exact) mass is 411 g/mol. The van der Waals surface area contributed by atoms with E-state index in [0.717, 1.165) is 12.1 Å². The van der Waals surface area contributed by atoms with E-state index in [9.17, 15) is 12.8 Å². The number of sulfonamides is 1. The van der Waals surface area contributed by atoms with Crippen LogP contribution in [0.4, 0.5) is 4.39 Å². The Morgan fingerprint density at radius 2 is 1.96 bits per heavy atom. The molecule has 3 heterocycles. The predicted molar refractivity (Wildman–Crippen MR) is 94.1 cm³/mol. The minimum Gasteiger partial charge on any atom is -0.459 e. The molecule has 0 radical (unpaired) electrons. The van der Waals surface area contributed by atoms with Crippen LogP contribution in [0.3, 0.4) is 0 Å². The van der Waals surface area contributed by atoms with Gasteiger partial charge in [-0.15, -0.1) is 10.2 Å². The zero-order valence-electron chi connectivity index (χ0n) is 14.0. The van der Waals surface area contributed by atoms with E-state index < -0.39 is 15.8 Å². The van der Waals surface area contributed by atoms with Gasteiger partial charge in [0.2, 0.25) is 15.9 Å². The molecule has 0 aliphatic carbocycles. The zero-order valence-corrected chi connectivity index (χ0v) is 15.6. The number of nitrogens with zero attached hydrogens (tertiary/aromatic N) is 3. The maximum atomic E-state index is 13.3. The quantitative estimate of drug-likeness (QED) is 0.650. The molecule has 0 atom stereocenters. The molecule has 0 bridgehead atoms. The van der Waals surface area contributed by atoms with E-state index in [1.807, 2.05) is 0 Å². The molecule has 2 aromatic heterocycles. The summed E-state index contributed by atoms with van der Waals surface area (Å²) in [5.41, 5.74) is 0. The highest BCUT2D eigenvalue weighted by molar-refractivity contribution is 7.89. The lowest BCUT2D eigenvalue weighted by molar-refractivity contribution is 0.290. The van der Waals surface area contributed by atoms with Crippen molar-refractivity contribution >= 4 is 21.6 Å². The Kier molecular flexibility index (Phi) is 4.75. The summed E-state index contributed by atoms with van der Waals surface area (Å²) >= 11 is 5.71. The number of rotatable bonds is 4. The van der Waals surface area contributed by atoms with E-state index in [2.05, 4.69) is 10.2 Å². The fourth-order valence-electron chi connectivity index (χ4n) is 3.03. The molecule has 0 amide bonds. The van der Waals surface area contributed by atoms with Gasteiger partial charge in [0.25, 0.3) is 5.89 Å². The third-order valence-electron chi connectivity index (χ3n) is 4.50. The van der Waals surface area contributed by atoms with Crippen LogP contribution >= 0.6 is 11.6 Å². The van der Waals surface area contributed by atoms with Crippen molar-refractivity contribution in [3.63, 3.8) is 0 Å². The first-order valence-electron chi connectivity index (χ1n) is 8.27. The van der Waals surface area contributed by atoms with Gasteiger partial charge >= 0.3 is 0 Å². The minimum absolute atomic E-state index is 0.0229. The molecular formula is C17H15ClFN3O4S. The Hall–Kier alpha value is -2.23. The summed E-state index contributed by atoms with van der Waals surface area (Å²) in [4.78, 5) is -0.0229. The SMILES string of the molecule is O=S(=O)(c1ccc(F)c(Cl)c1)N1CCC(c2nnc(-c3ccco3)o2)CC1. The normalized spacial score (nSPS) is 16.7. The van der Waals surface area contributed by atoms with Crippen molar-refractivity contribution in [2.75, 3.05) is 13.1 Å². The fraction of sp³-hybridized carbons (Fsp3) is 0.294. The first kappa shape index (κ1) is 18.1. The summed E-state index contributed by atoms with van der Waals surface area (Å²) in [6.07, 6.45) is 2.59. The van der Waals surface area contributed by atoms with Gasteiger partial charge in [-0.25, -0.2) is 12.8 Å². The van der Waals surface area contributed by atoms with Crippen molar-refractivity contribution in [2.45, 2.75) is 23.7 Å².